The van der Waals surface area contributed by atoms with Crippen LogP contribution in [-0.2, 0) is 6.42 Å². The summed E-state index contributed by atoms with van der Waals surface area (Å²) >= 11 is 8.75. The minimum absolute atomic E-state index is 0.349. The lowest BCUT2D eigenvalue weighted by Crippen LogP contribution is -2.22. The Balaban J connectivity index is 2.16. The molecule has 0 aliphatic heterocycles. The van der Waals surface area contributed by atoms with Gasteiger partial charge in [0.25, 0.3) is 0 Å². The van der Waals surface area contributed by atoms with Gasteiger partial charge in [-0.1, -0.05) is 6.92 Å². The van der Waals surface area contributed by atoms with Crippen LogP contribution in [0.2, 0.25) is 0 Å². The van der Waals surface area contributed by atoms with Gasteiger partial charge in [0.05, 0.1) is 0 Å². The zero-order valence-corrected chi connectivity index (χ0v) is 14.0. The molecule has 0 aromatic carbocycles. The van der Waals surface area contributed by atoms with Crippen LogP contribution in [0.1, 0.15) is 23.4 Å². The third-order valence-corrected chi connectivity index (χ3v) is 4.82. The summed E-state index contributed by atoms with van der Waals surface area (Å²) in [5.41, 5.74) is 1.24. The molecule has 1 atom stereocenters. The van der Waals surface area contributed by atoms with Crippen molar-refractivity contribution < 1.29 is 0 Å². The SMILES string of the molecule is CCNC(Cc1cncc(Br)c1)c1cc(Br)cs1. The summed E-state index contributed by atoms with van der Waals surface area (Å²) in [6, 6.07) is 4.66. The van der Waals surface area contributed by atoms with E-state index >= 15 is 0 Å². The van der Waals surface area contributed by atoms with E-state index in [9.17, 15) is 0 Å². The van der Waals surface area contributed by atoms with Crippen molar-refractivity contribution in [1.82, 2.24) is 10.3 Å². The highest BCUT2D eigenvalue weighted by Crippen LogP contribution is 2.28. The fourth-order valence-electron chi connectivity index (χ4n) is 1.83. The average molecular weight is 390 g/mol. The van der Waals surface area contributed by atoms with Gasteiger partial charge >= 0.3 is 0 Å². The highest BCUT2D eigenvalue weighted by atomic mass is 79.9. The van der Waals surface area contributed by atoms with E-state index in [0.717, 1.165) is 21.9 Å². The van der Waals surface area contributed by atoms with E-state index < -0.39 is 0 Å². The maximum absolute atomic E-state index is 4.22. The normalized spacial score (nSPS) is 12.6. The van der Waals surface area contributed by atoms with Crippen LogP contribution in [0, 0.1) is 0 Å². The topological polar surface area (TPSA) is 24.9 Å². The molecule has 1 N–H and O–H groups in total. The van der Waals surface area contributed by atoms with Gasteiger partial charge in [0.2, 0.25) is 0 Å². The van der Waals surface area contributed by atoms with E-state index in [4.69, 9.17) is 0 Å². The summed E-state index contributed by atoms with van der Waals surface area (Å²) in [5.74, 6) is 0. The summed E-state index contributed by atoms with van der Waals surface area (Å²) in [6.45, 7) is 3.09. The summed E-state index contributed by atoms with van der Waals surface area (Å²) < 4.78 is 2.18. The van der Waals surface area contributed by atoms with E-state index in [-0.39, 0.29) is 0 Å². The molecule has 2 rings (SSSR count). The summed E-state index contributed by atoms with van der Waals surface area (Å²) in [7, 11) is 0. The second-order valence-electron chi connectivity index (χ2n) is 3.99. The largest absolute Gasteiger partial charge is 0.309 e. The fraction of sp³-hybridized carbons (Fsp3) is 0.308. The smallest absolute Gasteiger partial charge is 0.0456 e. The molecule has 2 aromatic rings. The van der Waals surface area contributed by atoms with Gasteiger partial charge in [-0.05, 0) is 62.5 Å². The molecule has 0 saturated heterocycles. The van der Waals surface area contributed by atoms with E-state index in [1.54, 1.807) is 11.3 Å². The summed E-state index contributed by atoms with van der Waals surface area (Å²) in [4.78, 5) is 5.57. The lowest BCUT2D eigenvalue weighted by molar-refractivity contribution is 0.557. The minimum atomic E-state index is 0.349. The summed E-state index contributed by atoms with van der Waals surface area (Å²) in [6.07, 6.45) is 4.69. The van der Waals surface area contributed by atoms with E-state index in [2.05, 4.69) is 66.6 Å². The number of pyridine rings is 1. The monoisotopic (exact) mass is 388 g/mol. The standard InChI is InChI=1S/C13H14Br2N2S/c1-2-17-12(13-5-11(15)8-18-13)4-9-3-10(14)7-16-6-9/h3,5-8,12,17H,2,4H2,1H3. The molecule has 0 amide bonds. The molecule has 0 aliphatic carbocycles. The Morgan fingerprint density at radius 1 is 1.28 bits per heavy atom. The van der Waals surface area contributed by atoms with E-state index in [1.807, 2.05) is 12.4 Å². The van der Waals surface area contributed by atoms with Crippen molar-refractivity contribution >= 4 is 43.2 Å². The Labute approximate surface area is 128 Å². The maximum atomic E-state index is 4.22. The summed E-state index contributed by atoms with van der Waals surface area (Å²) in [5, 5.41) is 5.65. The zero-order valence-electron chi connectivity index (χ0n) is 9.99. The van der Waals surface area contributed by atoms with Crippen LogP contribution in [0.25, 0.3) is 0 Å². The molecule has 0 fully saturated rings. The lowest BCUT2D eigenvalue weighted by atomic mass is 10.1. The Morgan fingerprint density at radius 2 is 2.11 bits per heavy atom. The van der Waals surface area contributed by atoms with Crippen LogP contribution >= 0.6 is 43.2 Å². The first-order valence-corrected chi connectivity index (χ1v) is 8.22. The van der Waals surface area contributed by atoms with Gasteiger partial charge in [-0.2, -0.15) is 0 Å². The molecular weight excluding hydrogens is 376 g/mol. The highest BCUT2D eigenvalue weighted by Gasteiger charge is 2.13. The molecule has 0 bridgehead atoms. The molecular formula is C13H14Br2N2S. The molecule has 2 heterocycles. The highest BCUT2D eigenvalue weighted by molar-refractivity contribution is 9.10. The van der Waals surface area contributed by atoms with Crippen molar-refractivity contribution in [3.8, 4) is 0 Å². The predicted molar refractivity (Wildman–Crippen MR) is 84.1 cm³/mol. The number of likely N-dealkylation sites (N-methyl/N-ethyl adjacent to an activating group) is 1. The van der Waals surface area contributed by atoms with Gasteiger partial charge in [0.15, 0.2) is 0 Å². The molecule has 1 unspecified atom stereocenters. The number of hydrogen-bond donors (Lipinski definition) is 1. The minimum Gasteiger partial charge on any atom is -0.309 e. The van der Waals surface area contributed by atoms with Crippen LogP contribution in [-0.4, -0.2) is 11.5 Å². The molecule has 2 aromatic heterocycles. The first-order valence-electron chi connectivity index (χ1n) is 5.75. The van der Waals surface area contributed by atoms with Crippen molar-refractivity contribution in [3.05, 3.63) is 49.3 Å². The van der Waals surface area contributed by atoms with Gasteiger partial charge in [0.1, 0.15) is 0 Å². The molecule has 2 nitrogen and oxygen atoms in total. The number of rotatable bonds is 5. The number of halogens is 2. The third-order valence-electron chi connectivity index (χ3n) is 2.58. The Kier molecular flexibility index (Phi) is 5.36. The van der Waals surface area contributed by atoms with E-state index in [1.165, 1.54) is 10.4 Å². The first kappa shape index (κ1) is 14.2. The van der Waals surface area contributed by atoms with Gasteiger partial charge < -0.3 is 5.32 Å². The fourth-order valence-corrected chi connectivity index (χ4v) is 3.77. The number of aromatic nitrogens is 1. The van der Waals surface area contributed by atoms with Crippen molar-refractivity contribution in [2.45, 2.75) is 19.4 Å². The molecule has 0 radical (unpaired) electrons. The number of nitrogens with zero attached hydrogens (tertiary/aromatic N) is 1. The first-order chi connectivity index (χ1) is 8.69. The van der Waals surface area contributed by atoms with Crippen molar-refractivity contribution in [3.63, 3.8) is 0 Å². The Bertz CT molecular complexity index is 513. The molecule has 0 saturated carbocycles. The number of hydrogen-bond acceptors (Lipinski definition) is 3. The second kappa shape index (κ2) is 6.80. The van der Waals surface area contributed by atoms with Crippen LogP contribution in [0.15, 0.2) is 38.9 Å². The molecule has 96 valence electrons. The molecule has 18 heavy (non-hydrogen) atoms. The molecule has 0 aliphatic rings. The molecule has 5 heteroatoms. The third kappa shape index (κ3) is 3.88. The zero-order chi connectivity index (χ0) is 13.0. The quantitative estimate of drug-likeness (QED) is 0.810. The lowest BCUT2D eigenvalue weighted by Gasteiger charge is -2.16. The second-order valence-corrected chi connectivity index (χ2v) is 6.77. The molecule has 0 spiro atoms. The van der Waals surface area contributed by atoms with Crippen molar-refractivity contribution in [1.29, 1.82) is 0 Å². The van der Waals surface area contributed by atoms with Gasteiger partial charge in [-0.3, -0.25) is 4.98 Å². The van der Waals surface area contributed by atoms with Gasteiger partial charge in [-0.25, -0.2) is 0 Å². The average Bonchev–Trinajstić information content (AvgIpc) is 2.75. The van der Waals surface area contributed by atoms with Gasteiger partial charge in [0, 0.05) is 37.6 Å². The van der Waals surface area contributed by atoms with Crippen molar-refractivity contribution in [2.75, 3.05) is 6.54 Å². The van der Waals surface area contributed by atoms with Crippen LogP contribution in [0.4, 0.5) is 0 Å². The number of thiophene rings is 1. The van der Waals surface area contributed by atoms with Crippen LogP contribution in [0.5, 0.6) is 0 Å². The predicted octanol–water partition coefficient (Wildman–Crippen LogP) is 4.56. The van der Waals surface area contributed by atoms with Crippen molar-refractivity contribution in [2.24, 2.45) is 0 Å². The number of nitrogens with one attached hydrogen (secondary N) is 1. The van der Waals surface area contributed by atoms with Gasteiger partial charge in [-0.15, -0.1) is 11.3 Å². The van der Waals surface area contributed by atoms with E-state index in [0.29, 0.717) is 6.04 Å². The Morgan fingerprint density at radius 3 is 2.72 bits per heavy atom. The van der Waals surface area contributed by atoms with Crippen LogP contribution in [0.3, 0.4) is 0 Å². The Hall–Kier alpha value is -0.230. The maximum Gasteiger partial charge on any atom is 0.0456 e. The van der Waals surface area contributed by atoms with Crippen LogP contribution < -0.4 is 5.32 Å².